The molecule has 4 rings (SSSR count). The van der Waals surface area contributed by atoms with Crippen LogP contribution in [0.25, 0.3) is 26.9 Å². The van der Waals surface area contributed by atoms with Crippen molar-refractivity contribution in [2.24, 2.45) is 4.99 Å². The molecule has 176 valence electrons. The number of halogens is 2. The molecule has 35 heavy (non-hydrogen) atoms. The van der Waals surface area contributed by atoms with Crippen LogP contribution in [0.5, 0.6) is 5.75 Å². The van der Waals surface area contributed by atoms with Gasteiger partial charge < -0.3 is 4.74 Å². The fourth-order valence-electron chi connectivity index (χ4n) is 3.45. The van der Waals surface area contributed by atoms with E-state index in [2.05, 4.69) is 4.99 Å². The minimum atomic E-state index is -0.614. The van der Waals surface area contributed by atoms with E-state index in [4.69, 9.17) is 21.6 Å². The van der Waals surface area contributed by atoms with Crippen molar-refractivity contribution in [3.63, 3.8) is 0 Å². The molecular formula is C25H18ClFN4O3S. The monoisotopic (exact) mass is 508 g/mol. The smallest absolute Gasteiger partial charge is 0.335 e. The first-order valence-electron chi connectivity index (χ1n) is 10.4. The predicted molar refractivity (Wildman–Crippen MR) is 137 cm³/mol. The van der Waals surface area contributed by atoms with Gasteiger partial charge in [-0.05, 0) is 23.8 Å². The highest BCUT2D eigenvalue weighted by Crippen LogP contribution is 2.38. The zero-order valence-electron chi connectivity index (χ0n) is 18.4. The molecular weight excluding hydrogens is 491 g/mol. The van der Waals surface area contributed by atoms with Gasteiger partial charge in [-0.15, -0.1) is 11.3 Å². The van der Waals surface area contributed by atoms with Gasteiger partial charge in [-0.1, -0.05) is 41.9 Å². The Balaban J connectivity index is 1.85. The minimum Gasteiger partial charge on any atom is -0.494 e. The van der Waals surface area contributed by atoms with Crippen molar-refractivity contribution < 1.29 is 9.13 Å². The number of thiophene rings is 1. The quantitative estimate of drug-likeness (QED) is 0.323. The number of ether oxygens (including phenoxy) is 1. The fourth-order valence-corrected chi connectivity index (χ4v) is 4.89. The number of rotatable bonds is 7. The van der Waals surface area contributed by atoms with E-state index in [1.165, 1.54) is 30.1 Å². The van der Waals surface area contributed by atoms with Crippen molar-refractivity contribution in [2.75, 3.05) is 7.11 Å². The number of nitrogens with zero attached hydrogens (tertiary/aromatic N) is 4. The van der Waals surface area contributed by atoms with Gasteiger partial charge in [0.1, 0.15) is 4.70 Å². The number of nitriles is 1. The van der Waals surface area contributed by atoms with Crippen molar-refractivity contribution in [3.8, 4) is 22.3 Å². The van der Waals surface area contributed by atoms with E-state index in [9.17, 15) is 14.0 Å². The molecule has 0 radical (unpaired) electrons. The topological polar surface area (TPSA) is 89.4 Å². The van der Waals surface area contributed by atoms with Crippen molar-refractivity contribution in [2.45, 2.75) is 13.0 Å². The molecule has 10 heteroatoms. The van der Waals surface area contributed by atoms with Gasteiger partial charge in [0.2, 0.25) is 0 Å². The van der Waals surface area contributed by atoms with Crippen LogP contribution in [0.4, 0.5) is 4.39 Å². The number of fused-ring (bicyclic) bond motifs is 1. The van der Waals surface area contributed by atoms with Crippen LogP contribution in [0.15, 0.2) is 69.3 Å². The lowest BCUT2D eigenvalue weighted by atomic mass is 10.1. The van der Waals surface area contributed by atoms with Crippen LogP contribution >= 0.6 is 22.9 Å². The standard InChI is InChI=1S/C25H18ClFN4O3S/c1-34-21-12-17(18(26)13-19(21)27)22-14-20-23(35-22)24(32)31(25(33)30(20)10-5-8-28)11-9-29-15-16-6-3-2-4-7-16/h2-4,6-7,9,11-15H,5,10H2,1H3/b11-9+,29-15?. The van der Waals surface area contributed by atoms with Gasteiger partial charge in [0.25, 0.3) is 5.56 Å². The first kappa shape index (κ1) is 24.1. The maximum absolute atomic E-state index is 14.0. The maximum Gasteiger partial charge on any atom is 0.335 e. The van der Waals surface area contributed by atoms with Gasteiger partial charge in [0.15, 0.2) is 11.6 Å². The normalized spacial score (nSPS) is 11.5. The zero-order valence-corrected chi connectivity index (χ0v) is 20.0. The number of benzene rings is 2. The molecule has 0 amide bonds. The Morgan fingerprint density at radius 3 is 2.71 bits per heavy atom. The van der Waals surface area contributed by atoms with Crippen molar-refractivity contribution >= 4 is 45.6 Å². The molecule has 0 N–H and O–H groups in total. The Morgan fingerprint density at radius 2 is 2.00 bits per heavy atom. The lowest BCUT2D eigenvalue weighted by Gasteiger charge is -2.07. The van der Waals surface area contributed by atoms with Gasteiger partial charge in [0.05, 0.1) is 30.1 Å². The highest BCUT2D eigenvalue weighted by Gasteiger charge is 2.19. The Bertz CT molecular complexity index is 1610. The summed E-state index contributed by atoms with van der Waals surface area (Å²) in [7, 11) is 1.34. The Morgan fingerprint density at radius 1 is 1.23 bits per heavy atom. The summed E-state index contributed by atoms with van der Waals surface area (Å²) in [4.78, 5) is 31.1. The molecule has 0 saturated heterocycles. The summed E-state index contributed by atoms with van der Waals surface area (Å²) in [5, 5.41) is 9.20. The molecule has 2 aromatic heterocycles. The average molecular weight is 509 g/mol. The molecule has 0 unspecified atom stereocenters. The number of hydrogen-bond acceptors (Lipinski definition) is 6. The number of methoxy groups -OCH3 is 1. The summed E-state index contributed by atoms with van der Waals surface area (Å²) in [5.74, 6) is -0.614. The molecule has 0 aliphatic rings. The molecule has 0 fully saturated rings. The highest BCUT2D eigenvalue weighted by atomic mass is 35.5. The van der Waals surface area contributed by atoms with E-state index in [0.29, 0.717) is 16.0 Å². The Labute approximate surface area is 208 Å². The summed E-state index contributed by atoms with van der Waals surface area (Å²) in [5.41, 5.74) is 0.550. The summed E-state index contributed by atoms with van der Waals surface area (Å²) in [6.45, 7) is 0.0872. The molecule has 2 heterocycles. The van der Waals surface area contributed by atoms with E-state index in [-0.39, 0.29) is 28.4 Å². The SMILES string of the molecule is COc1cc(-c2cc3c(s2)c(=O)n(/C=C/N=Cc2ccccc2)c(=O)n3CCC#N)c(Cl)cc1F. The van der Waals surface area contributed by atoms with Crippen molar-refractivity contribution in [1.29, 1.82) is 5.26 Å². The second-order valence-corrected chi connectivity index (χ2v) is 8.76. The van der Waals surface area contributed by atoms with Gasteiger partial charge >= 0.3 is 5.69 Å². The number of hydrogen-bond donors (Lipinski definition) is 0. The third kappa shape index (κ3) is 4.94. The van der Waals surface area contributed by atoms with Crippen LogP contribution < -0.4 is 16.0 Å². The molecule has 0 bridgehead atoms. The van der Waals surface area contributed by atoms with E-state index in [1.807, 2.05) is 36.4 Å². The summed E-state index contributed by atoms with van der Waals surface area (Å²) in [6, 6.07) is 15.6. The van der Waals surface area contributed by atoms with Crippen molar-refractivity contribution in [1.82, 2.24) is 9.13 Å². The van der Waals surface area contributed by atoms with Gasteiger partial charge in [-0.2, -0.15) is 5.26 Å². The second-order valence-electron chi connectivity index (χ2n) is 7.30. The van der Waals surface area contributed by atoms with Crippen molar-refractivity contribution in [3.05, 3.63) is 92.0 Å². The first-order chi connectivity index (χ1) is 16.9. The number of aliphatic imine (C=N–C) groups is 1. The van der Waals surface area contributed by atoms with E-state index < -0.39 is 17.1 Å². The largest absolute Gasteiger partial charge is 0.494 e. The molecule has 0 aliphatic heterocycles. The minimum absolute atomic E-state index is 0.000323. The lowest BCUT2D eigenvalue weighted by molar-refractivity contribution is 0.387. The van der Waals surface area contributed by atoms with Crippen LogP contribution in [0.2, 0.25) is 5.02 Å². The van der Waals surface area contributed by atoms with Gasteiger partial charge in [-0.3, -0.25) is 14.4 Å². The van der Waals surface area contributed by atoms with Gasteiger partial charge in [-0.25, -0.2) is 13.8 Å². The Kier molecular flexibility index (Phi) is 7.25. The summed E-state index contributed by atoms with van der Waals surface area (Å²) >= 11 is 7.38. The third-order valence-corrected chi connectivity index (χ3v) is 6.59. The molecule has 0 spiro atoms. The maximum atomic E-state index is 14.0. The highest BCUT2D eigenvalue weighted by molar-refractivity contribution is 7.22. The second kappa shape index (κ2) is 10.5. The molecule has 4 aromatic rings. The van der Waals surface area contributed by atoms with E-state index >= 15 is 0 Å². The Hall–Kier alpha value is -4.00. The van der Waals surface area contributed by atoms with Crippen LogP contribution in [-0.4, -0.2) is 22.5 Å². The molecule has 7 nitrogen and oxygen atoms in total. The number of aromatic nitrogens is 2. The molecule has 0 saturated carbocycles. The summed E-state index contributed by atoms with van der Waals surface area (Å²) < 4.78 is 21.7. The number of aryl methyl sites for hydroxylation is 1. The van der Waals surface area contributed by atoms with Crippen LogP contribution in [0, 0.1) is 17.1 Å². The van der Waals surface area contributed by atoms with E-state index in [0.717, 1.165) is 27.5 Å². The van der Waals surface area contributed by atoms with Crippen LogP contribution in [0.3, 0.4) is 0 Å². The molecule has 0 aliphatic carbocycles. The third-order valence-electron chi connectivity index (χ3n) is 5.13. The predicted octanol–water partition coefficient (Wildman–Crippen LogP) is 5.15. The first-order valence-corrected chi connectivity index (χ1v) is 11.6. The van der Waals surface area contributed by atoms with Crippen LogP contribution in [0.1, 0.15) is 12.0 Å². The lowest BCUT2D eigenvalue weighted by Crippen LogP contribution is -2.36. The average Bonchev–Trinajstić information content (AvgIpc) is 3.29. The molecule has 2 aromatic carbocycles. The fraction of sp³-hybridized carbons (Fsp3) is 0.120. The zero-order chi connectivity index (χ0) is 24.9. The van der Waals surface area contributed by atoms with E-state index in [1.54, 1.807) is 12.3 Å². The van der Waals surface area contributed by atoms with Gasteiger partial charge in [0, 0.05) is 35.6 Å². The summed E-state index contributed by atoms with van der Waals surface area (Å²) in [6.07, 6.45) is 4.31. The molecule has 0 atom stereocenters. The van der Waals surface area contributed by atoms with Crippen LogP contribution in [-0.2, 0) is 6.54 Å².